The molecule has 6 heteroatoms. The first-order valence-corrected chi connectivity index (χ1v) is 10.8. The van der Waals surface area contributed by atoms with Crippen LogP contribution in [0.15, 0.2) is 70.9 Å². The van der Waals surface area contributed by atoms with Crippen LogP contribution in [0, 0.1) is 5.92 Å². The molecular formula is C25H24ClNO4. The van der Waals surface area contributed by atoms with Crippen LogP contribution in [-0.4, -0.2) is 30.7 Å². The average Bonchev–Trinajstić information content (AvgIpc) is 2.77. The molecule has 0 spiro atoms. The monoisotopic (exact) mass is 437 g/mol. The van der Waals surface area contributed by atoms with Gasteiger partial charge in [0.2, 0.25) is 0 Å². The Morgan fingerprint density at radius 1 is 1.06 bits per heavy atom. The number of aliphatic imine (C=N–C) groups is 1. The third kappa shape index (κ3) is 4.72. The molecule has 5 nitrogen and oxygen atoms in total. The lowest BCUT2D eigenvalue weighted by Gasteiger charge is -2.34. The minimum atomic E-state index is -0.654. The van der Waals surface area contributed by atoms with Crippen molar-refractivity contribution in [2.75, 3.05) is 13.2 Å². The van der Waals surface area contributed by atoms with Gasteiger partial charge in [-0.1, -0.05) is 41.9 Å². The molecule has 1 heterocycles. The number of hydrogen-bond donors (Lipinski definition) is 0. The van der Waals surface area contributed by atoms with Crippen molar-refractivity contribution in [1.82, 2.24) is 0 Å². The van der Waals surface area contributed by atoms with E-state index < -0.39 is 17.8 Å². The smallest absolute Gasteiger partial charge is 0.315 e. The SMILES string of the molecule is CC1=NC2=C(C(=O)CCC2)[C@H](c2ccc(Cl)cc2)C1C(=O)OCCOc1ccccc1. The Hall–Kier alpha value is -2.92. The standard InChI is InChI=1S/C25H24ClNO4/c1-16-22(25(29)31-15-14-30-19-6-3-2-4-7-19)23(17-10-12-18(26)13-11-17)24-20(27-16)8-5-9-21(24)28/h2-4,6-7,10-13,22-23H,5,8-9,14-15H2,1H3/t22?,23-/m1/s1. The van der Waals surface area contributed by atoms with Crippen LogP contribution < -0.4 is 4.74 Å². The Morgan fingerprint density at radius 2 is 1.81 bits per heavy atom. The molecule has 2 aliphatic rings. The molecule has 0 N–H and O–H groups in total. The summed E-state index contributed by atoms with van der Waals surface area (Å²) in [6, 6.07) is 16.7. The fraction of sp³-hybridized carbons (Fsp3) is 0.320. The van der Waals surface area contributed by atoms with Crippen molar-refractivity contribution in [2.45, 2.75) is 32.1 Å². The number of halogens is 1. The number of nitrogens with zero attached hydrogens (tertiary/aromatic N) is 1. The third-order valence-corrected chi connectivity index (χ3v) is 5.91. The van der Waals surface area contributed by atoms with Crippen molar-refractivity contribution in [3.8, 4) is 5.75 Å². The van der Waals surface area contributed by atoms with Crippen molar-refractivity contribution in [3.63, 3.8) is 0 Å². The second-order valence-electron chi connectivity index (χ2n) is 7.73. The van der Waals surface area contributed by atoms with Gasteiger partial charge in [0.05, 0.1) is 0 Å². The molecule has 2 atom stereocenters. The molecule has 0 fully saturated rings. The lowest BCUT2D eigenvalue weighted by atomic mass is 9.72. The first-order valence-electron chi connectivity index (χ1n) is 10.5. The predicted molar refractivity (Wildman–Crippen MR) is 120 cm³/mol. The maximum atomic E-state index is 13.1. The average molecular weight is 438 g/mol. The molecular weight excluding hydrogens is 414 g/mol. The minimum absolute atomic E-state index is 0.0580. The first-order chi connectivity index (χ1) is 15.0. The van der Waals surface area contributed by atoms with Gasteiger partial charge in [0, 0.05) is 34.3 Å². The molecule has 4 rings (SSSR count). The first kappa shape index (κ1) is 21.3. The van der Waals surface area contributed by atoms with E-state index in [4.69, 9.17) is 21.1 Å². The van der Waals surface area contributed by atoms with Gasteiger partial charge in [0.25, 0.3) is 0 Å². The molecule has 0 saturated carbocycles. The van der Waals surface area contributed by atoms with Gasteiger partial charge >= 0.3 is 5.97 Å². The van der Waals surface area contributed by atoms with Gasteiger partial charge in [-0.15, -0.1) is 0 Å². The summed E-state index contributed by atoms with van der Waals surface area (Å²) in [6.45, 7) is 2.19. The number of benzene rings is 2. The van der Waals surface area contributed by atoms with Crippen molar-refractivity contribution in [3.05, 3.63) is 76.5 Å². The van der Waals surface area contributed by atoms with Crippen LogP contribution in [0.25, 0.3) is 0 Å². The largest absolute Gasteiger partial charge is 0.490 e. The van der Waals surface area contributed by atoms with Gasteiger partial charge < -0.3 is 9.47 Å². The summed E-state index contributed by atoms with van der Waals surface area (Å²) in [5, 5.41) is 0.603. The highest BCUT2D eigenvalue weighted by Gasteiger charge is 2.43. The lowest BCUT2D eigenvalue weighted by Crippen LogP contribution is -2.37. The summed E-state index contributed by atoms with van der Waals surface area (Å²) in [6.07, 6.45) is 2.01. The summed E-state index contributed by atoms with van der Waals surface area (Å²) in [5.74, 6) is -0.695. The van der Waals surface area contributed by atoms with E-state index in [0.717, 1.165) is 29.9 Å². The number of ether oxygens (including phenoxy) is 2. The van der Waals surface area contributed by atoms with E-state index in [1.54, 1.807) is 12.1 Å². The highest BCUT2D eigenvalue weighted by molar-refractivity contribution is 6.30. The van der Waals surface area contributed by atoms with Crippen molar-refractivity contribution in [2.24, 2.45) is 10.9 Å². The molecule has 1 aliphatic carbocycles. The summed E-state index contributed by atoms with van der Waals surface area (Å²) in [5.41, 5.74) is 2.97. The number of carbonyl (C=O) groups is 2. The number of esters is 1. The molecule has 2 aromatic rings. The van der Waals surface area contributed by atoms with Gasteiger partial charge in [0.1, 0.15) is 24.9 Å². The van der Waals surface area contributed by atoms with Crippen molar-refractivity contribution < 1.29 is 19.1 Å². The Balaban J connectivity index is 1.54. The number of rotatable bonds is 6. The number of carbonyl (C=O) groups excluding carboxylic acids is 2. The highest BCUT2D eigenvalue weighted by atomic mass is 35.5. The van der Waals surface area contributed by atoms with Gasteiger partial charge in [-0.25, -0.2) is 0 Å². The Kier molecular flexibility index (Phi) is 6.52. The zero-order chi connectivity index (χ0) is 21.8. The van der Waals surface area contributed by atoms with E-state index in [0.29, 0.717) is 22.7 Å². The summed E-state index contributed by atoms with van der Waals surface area (Å²) in [4.78, 5) is 30.6. The zero-order valence-electron chi connectivity index (χ0n) is 17.3. The van der Waals surface area contributed by atoms with Gasteiger partial charge in [0.15, 0.2) is 5.78 Å². The zero-order valence-corrected chi connectivity index (χ0v) is 18.1. The predicted octanol–water partition coefficient (Wildman–Crippen LogP) is 5.14. The van der Waals surface area contributed by atoms with Crippen molar-refractivity contribution in [1.29, 1.82) is 0 Å². The van der Waals surface area contributed by atoms with Crippen LogP contribution >= 0.6 is 11.6 Å². The Labute approximate surface area is 186 Å². The summed E-state index contributed by atoms with van der Waals surface area (Å²) >= 11 is 6.07. The fourth-order valence-corrected chi connectivity index (χ4v) is 4.38. The van der Waals surface area contributed by atoms with E-state index in [1.807, 2.05) is 49.4 Å². The van der Waals surface area contributed by atoms with Crippen LogP contribution in [0.2, 0.25) is 5.02 Å². The summed E-state index contributed by atoms with van der Waals surface area (Å²) in [7, 11) is 0. The molecule has 0 radical (unpaired) electrons. The minimum Gasteiger partial charge on any atom is -0.490 e. The number of Topliss-reactive ketones (excluding diaryl/α,β-unsaturated/α-hetero) is 1. The molecule has 0 amide bonds. The highest BCUT2D eigenvalue weighted by Crippen LogP contribution is 2.43. The normalized spacial score (nSPS) is 20.7. The number of allylic oxidation sites excluding steroid dienone is 2. The molecule has 0 aromatic heterocycles. The Morgan fingerprint density at radius 3 is 2.55 bits per heavy atom. The second-order valence-corrected chi connectivity index (χ2v) is 8.16. The van der Waals surface area contributed by atoms with Crippen LogP contribution in [-0.2, 0) is 14.3 Å². The number of para-hydroxylation sites is 1. The van der Waals surface area contributed by atoms with E-state index in [9.17, 15) is 9.59 Å². The maximum absolute atomic E-state index is 13.1. The molecule has 0 bridgehead atoms. The van der Waals surface area contributed by atoms with Crippen LogP contribution in [0.5, 0.6) is 5.75 Å². The quantitative estimate of drug-likeness (QED) is 0.463. The van der Waals surface area contributed by atoms with Gasteiger partial charge in [-0.2, -0.15) is 0 Å². The maximum Gasteiger partial charge on any atom is 0.315 e. The lowest BCUT2D eigenvalue weighted by molar-refractivity contribution is -0.147. The van der Waals surface area contributed by atoms with Crippen LogP contribution in [0.3, 0.4) is 0 Å². The van der Waals surface area contributed by atoms with E-state index in [-0.39, 0.29) is 19.0 Å². The topological polar surface area (TPSA) is 65.0 Å². The van der Waals surface area contributed by atoms with Gasteiger partial charge in [-0.3, -0.25) is 14.6 Å². The van der Waals surface area contributed by atoms with Crippen molar-refractivity contribution >= 4 is 29.1 Å². The van der Waals surface area contributed by atoms with Crippen LogP contribution in [0.1, 0.15) is 37.7 Å². The second kappa shape index (κ2) is 9.48. The van der Waals surface area contributed by atoms with E-state index in [1.165, 1.54) is 0 Å². The molecule has 0 saturated heterocycles. The molecule has 2 aromatic carbocycles. The third-order valence-electron chi connectivity index (χ3n) is 5.66. The summed E-state index contributed by atoms with van der Waals surface area (Å²) < 4.78 is 11.2. The van der Waals surface area contributed by atoms with Gasteiger partial charge in [-0.05, 0) is 49.6 Å². The number of ketones is 1. The number of hydrogen-bond acceptors (Lipinski definition) is 5. The van der Waals surface area contributed by atoms with E-state index in [2.05, 4.69) is 4.99 Å². The van der Waals surface area contributed by atoms with Crippen LogP contribution in [0.4, 0.5) is 0 Å². The molecule has 160 valence electrons. The fourth-order valence-electron chi connectivity index (χ4n) is 4.25. The molecule has 1 unspecified atom stereocenters. The molecule has 31 heavy (non-hydrogen) atoms. The Bertz CT molecular complexity index is 1030. The van der Waals surface area contributed by atoms with E-state index >= 15 is 0 Å². The molecule has 1 aliphatic heterocycles.